The summed E-state index contributed by atoms with van der Waals surface area (Å²) in [6, 6.07) is 27.9. The van der Waals surface area contributed by atoms with Gasteiger partial charge < -0.3 is 9.80 Å². The number of nitrogens with zero attached hydrogens (tertiary/aromatic N) is 3. The molecule has 0 saturated carbocycles. The first-order valence-electron chi connectivity index (χ1n) is 14.8. The van der Waals surface area contributed by atoms with Gasteiger partial charge in [-0.2, -0.15) is 0 Å². The molecule has 1 heterocycles. The third kappa shape index (κ3) is 7.16. The standard InChI is InChI=1S/C23H32N2.C14H13N.ClH.Ru/c1-8-21-24(22-17(4)11-15(2)12-18(22)5)9-10-25(21)23-19(6)13-16(3)14-20(23)7;1-12-8-6-7-11-14(12)15(2)13-9-4-3-5-10-13;;/h11-14,21H,8-10H2,1-7H3;1,3-11H,2H3;1H;/q;;;+1/p-1. The summed E-state index contributed by atoms with van der Waals surface area (Å²) in [5.41, 5.74) is 14.7. The van der Waals surface area contributed by atoms with Crippen LogP contribution in [0.1, 0.15) is 52.3 Å². The number of rotatable bonds is 6. The SMILES string of the molecule is CCC1N(c2c(C)cc(C)cc2C)CCN1c1c(C)cc(C)cc1C.CN(c1ccccc1)c1ccccc1[CH]=[Ru][Cl]. The van der Waals surface area contributed by atoms with Crippen molar-refractivity contribution in [3.63, 3.8) is 0 Å². The molecule has 4 aromatic rings. The quantitative estimate of drug-likeness (QED) is 0.190. The molecule has 5 rings (SSSR count). The third-order valence-electron chi connectivity index (χ3n) is 8.10. The molecule has 0 aromatic heterocycles. The van der Waals surface area contributed by atoms with Gasteiger partial charge in [-0.1, -0.05) is 42.3 Å². The zero-order chi connectivity index (χ0) is 30.4. The summed E-state index contributed by atoms with van der Waals surface area (Å²) in [5.74, 6) is 0. The Labute approximate surface area is 265 Å². The van der Waals surface area contributed by atoms with Gasteiger partial charge in [0.1, 0.15) is 6.17 Å². The van der Waals surface area contributed by atoms with Crippen molar-refractivity contribution in [1.29, 1.82) is 0 Å². The van der Waals surface area contributed by atoms with Gasteiger partial charge in [0.25, 0.3) is 0 Å². The normalized spacial score (nSPS) is 13.6. The van der Waals surface area contributed by atoms with E-state index in [0.29, 0.717) is 6.17 Å². The summed E-state index contributed by atoms with van der Waals surface area (Å²) in [6.45, 7) is 17.9. The van der Waals surface area contributed by atoms with Crippen LogP contribution in [0.5, 0.6) is 0 Å². The fraction of sp³-hybridized carbons (Fsp3) is 0.324. The third-order valence-corrected chi connectivity index (χ3v) is 9.29. The minimum absolute atomic E-state index is 0.201. The predicted molar refractivity (Wildman–Crippen MR) is 182 cm³/mol. The zero-order valence-electron chi connectivity index (χ0n) is 26.4. The van der Waals surface area contributed by atoms with Crippen LogP contribution in [0.3, 0.4) is 0 Å². The minimum atomic E-state index is -0.201. The van der Waals surface area contributed by atoms with E-state index in [1.54, 1.807) is 0 Å². The second kappa shape index (κ2) is 14.5. The van der Waals surface area contributed by atoms with Crippen molar-refractivity contribution in [2.75, 3.05) is 34.8 Å². The Balaban J connectivity index is 0.000000208. The molecule has 1 fully saturated rings. The number of halogens is 1. The second-order valence-electron chi connectivity index (χ2n) is 11.4. The Morgan fingerprint density at radius 2 is 1.19 bits per heavy atom. The van der Waals surface area contributed by atoms with E-state index in [1.807, 2.05) is 24.3 Å². The predicted octanol–water partition coefficient (Wildman–Crippen LogP) is 9.44. The number of benzene rings is 4. The van der Waals surface area contributed by atoms with Gasteiger partial charge in [-0.15, -0.1) is 0 Å². The second-order valence-corrected chi connectivity index (χ2v) is 13.2. The molecule has 3 nitrogen and oxygen atoms in total. The summed E-state index contributed by atoms with van der Waals surface area (Å²) in [6.07, 6.45) is 1.56. The van der Waals surface area contributed by atoms with Crippen molar-refractivity contribution in [3.8, 4) is 0 Å². The maximum absolute atomic E-state index is 5.87. The molecule has 42 heavy (non-hydrogen) atoms. The first kappa shape index (κ1) is 32.0. The maximum atomic E-state index is 5.87. The molecule has 0 aliphatic carbocycles. The van der Waals surface area contributed by atoms with E-state index >= 15 is 0 Å². The fourth-order valence-electron chi connectivity index (χ4n) is 6.61. The Morgan fingerprint density at radius 1 is 0.738 bits per heavy atom. The molecule has 0 N–H and O–H groups in total. The number of aryl methyl sites for hydroxylation is 6. The molecule has 0 atom stereocenters. The molecule has 223 valence electrons. The average molecular weight is 668 g/mol. The first-order valence-corrected chi connectivity index (χ1v) is 18.0. The van der Waals surface area contributed by atoms with Gasteiger partial charge in [0, 0.05) is 24.5 Å². The van der Waals surface area contributed by atoms with E-state index in [2.05, 4.69) is 129 Å². The summed E-state index contributed by atoms with van der Waals surface area (Å²) in [7, 11) is 7.95. The summed E-state index contributed by atoms with van der Waals surface area (Å²) in [5, 5.41) is 0. The Hall–Kier alpha value is -2.94. The van der Waals surface area contributed by atoms with Crippen LogP contribution in [0.4, 0.5) is 22.7 Å². The summed E-state index contributed by atoms with van der Waals surface area (Å²) >= 11 is -0.201. The molecule has 5 heteroatoms. The molecule has 0 bridgehead atoms. The van der Waals surface area contributed by atoms with Crippen LogP contribution in [0.15, 0.2) is 78.9 Å². The molecule has 0 amide bonds. The average Bonchev–Trinajstić information content (AvgIpc) is 3.36. The first-order chi connectivity index (χ1) is 20.2. The molecule has 0 unspecified atom stereocenters. The Morgan fingerprint density at radius 3 is 1.64 bits per heavy atom. The van der Waals surface area contributed by atoms with Crippen LogP contribution in [-0.4, -0.2) is 30.9 Å². The summed E-state index contributed by atoms with van der Waals surface area (Å²) in [4.78, 5) is 7.44. The van der Waals surface area contributed by atoms with E-state index in [4.69, 9.17) is 9.69 Å². The van der Waals surface area contributed by atoms with Crippen molar-refractivity contribution in [2.24, 2.45) is 0 Å². The molecule has 0 spiro atoms. The zero-order valence-corrected chi connectivity index (χ0v) is 28.8. The molecule has 0 radical (unpaired) electrons. The Bertz CT molecular complexity index is 1420. The van der Waals surface area contributed by atoms with E-state index in [9.17, 15) is 0 Å². The van der Waals surface area contributed by atoms with Gasteiger partial charge >= 0.3 is 113 Å². The van der Waals surface area contributed by atoms with Crippen molar-refractivity contribution in [1.82, 2.24) is 0 Å². The van der Waals surface area contributed by atoms with Gasteiger partial charge in [-0.3, -0.25) is 0 Å². The van der Waals surface area contributed by atoms with Crippen LogP contribution >= 0.6 is 9.69 Å². The van der Waals surface area contributed by atoms with Crippen molar-refractivity contribution in [2.45, 2.75) is 61.1 Å². The van der Waals surface area contributed by atoms with Gasteiger partial charge in [-0.05, 0) is 70.2 Å². The van der Waals surface area contributed by atoms with Crippen LogP contribution in [0, 0.1) is 41.5 Å². The monoisotopic (exact) mass is 668 g/mol. The van der Waals surface area contributed by atoms with Crippen molar-refractivity contribution >= 4 is 37.0 Å². The number of para-hydroxylation sites is 2. The van der Waals surface area contributed by atoms with Crippen LogP contribution in [-0.2, 0) is 15.7 Å². The van der Waals surface area contributed by atoms with E-state index < -0.39 is 0 Å². The number of hydrogen-bond acceptors (Lipinski definition) is 3. The topological polar surface area (TPSA) is 9.72 Å². The summed E-state index contributed by atoms with van der Waals surface area (Å²) < 4.78 is 2.11. The van der Waals surface area contributed by atoms with E-state index in [-0.39, 0.29) is 15.7 Å². The number of hydrogen-bond donors (Lipinski definition) is 0. The van der Waals surface area contributed by atoms with Crippen LogP contribution < -0.4 is 14.7 Å². The molecule has 1 aliphatic heterocycles. The van der Waals surface area contributed by atoms with Gasteiger partial charge in [0.15, 0.2) is 0 Å². The van der Waals surface area contributed by atoms with E-state index in [1.165, 1.54) is 61.7 Å². The molecule has 1 saturated heterocycles. The number of anilines is 4. The van der Waals surface area contributed by atoms with E-state index in [0.717, 1.165) is 19.5 Å². The van der Waals surface area contributed by atoms with Gasteiger partial charge in [0.05, 0.1) is 0 Å². The van der Waals surface area contributed by atoms with Crippen molar-refractivity contribution in [3.05, 3.63) is 118 Å². The molecule has 1 aliphatic rings. The molecular weight excluding hydrogens is 623 g/mol. The van der Waals surface area contributed by atoms with Gasteiger partial charge in [-0.25, -0.2) is 0 Å². The fourth-order valence-corrected chi connectivity index (χ4v) is 7.73. The van der Waals surface area contributed by atoms with Crippen LogP contribution in [0.25, 0.3) is 0 Å². The van der Waals surface area contributed by atoms with Crippen molar-refractivity contribution < 1.29 is 15.7 Å². The Kier molecular flexibility index (Phi) is 11.0. The van der Waals surface area contributed by atoms with Crippen LogP contribution in [0.2, 0.25) is 0 Å². The molecule has 4 aromatic carbocycles. The van der Waals surface area contributed by atoms with Gasteiger partial charge in [0.2, 0.25) is 0 Å². The molecular formula is C37H45ClN3Ru.